The van der Waals surface area contributed by atoms with Crippen molar-refractivity contribution in [1.82, 2.24) is 9.03 Å². The van der Waals surface area contributed by atoms with E-state index in [9.17, 15) is 34.8 Å². The fourth-order valence-electron chi connectivity index (χ4n) is 1.36. The number of alkyl halides is 3. The van der Waals surface area contributed by atoms with E-state index >= 15 is 0 Å². The number of hydrogen-bond donors (Lipinski definition) is 1. The van der Waals surface area contributed by atoms with Crippen molar-refractivity contribution in [3.8, 4) is 0 Å². The van der Waals surface area contributed by atoms with Crippen molar-refractivity contribution in [2.45, 2.75) is 26.3 Å². The quantitative estimate of drug-likeness (QED) is 0.628. The summed E-state index contributed by atoms with van der Waals surface area (Å²) in [6.07, 6.45) is -0.804. The Bertz CT molecular complexity index is 638. The highest BCUT2D eigenvalue weighted by atomic mass is 32.3. The third-order valence-corrected chi connectivity index (χ3v) is 4.87. The maximum Gasteiger partial charge on any atom is 0.512 e. The number of nitrogens with zero attached hydrogens (tertiary/aromatic N) is 1. The lowest BCUT2D eigenvalue weighted by Crippen LogP contribution is -2.41. The first-order valence-corrected chi connectivity index (χ1v) is 9.23. The first kappa shape index (κ1) is 22.9. The molecule has 0 rings (SSSR count). The normalized spacial score (nSPS) is 13.6. The van der Waals surface area contributed by atoms with Gasteiger partial charge in [-0.3, -0.25) is 4.18 Å². The van der Waals surface area contributed by atoms with E-state index in [1.54, 1.807) is 0 Å². The summed E-state index contributed by atoms with van der Waals surface area (Å²) in [4.78, 5) is 12.8. The second-order valence-corrected chi connectivity index (χ2v) is 9.12. The van der Waals surface area contributed by atoms with Gasteiger partial charge in [-0.2, -0.15) is 21.6 Å². The Kier molecular flexibility index (Phi) is 7.47. The minimum atomic E-state index is -6.12. The molecule has 0 aliphatic heterocycles. The van der Waals surface area contributed by atoms with Crippen LogP contribution in [-0.2, 0) is 29.2 Å². The second-order valence-electron chi connectivity index (χ2n) is 5.84. The van der Waals surface area contributed by atoms with Gasteiger partial charge in [0.05, 0.1) is 0 Å². The van der Waals surface area contributed by atoms with Gasteiger partial charge in [0.25, 0.3) is 0 Å². The minimum Gasteiger partial charge on any atom is -0.447 e. The van der Waals surface area contributed by atoms with Crippen LogP contribution in [-0.4, -0.2) is 60.1 Å². The Morgan fingerprint density at radius 2 is 1.58 bits per heavy atom. The molecule has 14 heteroatoms. The fraction of sp³-hybridized carbons (Fsp3) is 0.900. The molecule has 0 aliphatic carbocycles. The SMILES string of the molecule is CN(CC(C)(C)C)C(=O)OCCOS(=O)(=O)NS(=O)(=O)C(F)(F)F. The van der Waals surface area contributed by atoms with E-state index in [4.69, 9.17) is 0 Å². The molecule has 0 aromatic carbocycles. The molecular weight excluding hydrogens is 381 g/mol. The molecule has 0 aliphatic rings. The molecule has 24 heavy (non-hydrogen) atoms. The number of carbonyl (C=O) groups excluding carboxylic acids is 1. The van der Waals surface area contributed by atoms with Crippen molar-refractivity contribution in [1.29, 1.82) is 0 Å². The van der Waals surface area contributed by atoms with Gasteiger partial charge in [0.15, 0.2) is 0 Å². The van der Waals surface area contributed by atoms with E-state index in [0.29, 0.717) is 10.7 Å². The van der Waals surface area contributed by atoms with Crippen LogP contribution in [0.1, 0.15) is 20.8 Å². The van der Waals surface area contributed by atoms with E-state index in [0.717, 1.165) is 0 Å². The first-order valence-electron chi connectivity index (χ1n) is 6.34. The highest BCUT2D eigenvalue weighted by Crippen LogP contribution is 2.22. The number of hydrogen-bond acceptors (Lipinski definition) is 7. The monoisotopic (exact) mass is 400 g/mol. The van der Waals surface area contributed by atoms with Gasteiger partial charge in [-0.15, -0.1) is 0 Å². The van der Waals surface area contributed by atoms with Crippen LogP contribution in [0.3, 0.4) is 0 Å². The molecule has 1 N–H and O–H groups in total. The number of ether oxygens (including phenoxy) is 1. The minimum absolute atomic E-state index is 0.219. The predicted molar refractivity (Wildman–Crippen MR) is 76.4 cm³/mol. The molecule has 0 aromatic heterocycles. The highest BCUT2D eigenvalue weighted by Gasteiger charge is 2.48. The molecule has 0 heterocycles. The van der Waals surface area contributed by atoms with Gasteiger partial charge in [-0.05, 0) is 5.41 Å². The number of halogens is 3. The molecule has 0 aromatic rings. The topological polar surface area (TPSA) is 119 Å². The maximum atomic E-state index is 12.0. The number of rotatable bonds is 7. The molecule has 9 nitrogen and oxygen atoms in total. The Hall–Kier alpha value is -1.12. The summed E-state index contributed by atoms with van der Waals surface area (Å²) in [6.45, 7) is 4.44. The van der Waals surface area contributed by atoms with Gasteiger partial charge in [0.2, 0.25) is 0 Å². The zero-order valence-electron chi connectivity index (χ0n) is 13.4. The van der Waals surface area contributed by atoms with Gasteiger partial charge in [0.1, 0.15) is 13.2 Å². The van der Waals surface area contributed by atoms with Crippen LogP contribution >= 0.6 is 0 Å². The smallest absolute Gasteiger partial charge is 0.447 e. The molecule has 0 saturated heterocycles. The van der Waals surface area contributed by atoms with Crippen molar-refractivity contribution >= 4 is 26.4 Å². The zero-order valence-corrected chi connectivity index (χ0v) is 15.0. The van der Waals surface area contributed by atoms with Crippen molar-refractivity contribution in [2.24, 2.45) is 5.41 Å². The van der Waals surface area contributed by atoms with E-state index in [1.807, 2.05) is 20.8 Å². The van der Waals surface area contributed by atoms with E-state index in [-0.39, 0.29) is 5.41 Å². The van der Waals surface area contributed by atoms with Crippen molar-refractivity contribution in [2.75, 3.05) is 26.8 Å². The lowest BCUT2D eigenvalue weighted by molar-refractivity contribution is -0.0442. The van der Waals surface area contributed by atoms with Gasteiger partial charge in [-0.25, -0.2) is 13.2 Å². The summed E-state index contributed by atoms with van der Waals surface area (Å²) < 4.78 is 88.6. The molecule has 0 spiro atoms. The number of nitrogens with one attached hydrogen (secondary N) is 1. The molecular formula is C10H19F3N2O7S2. The standard InChI is InChI=1S/C10H19F3N2O7S2/c1-9(2,3)7-15(4)8(16)21-5-6-22-24(19,20)14-23(17,18)10(11,12)13/h14H,5-7H2,1-4H3. The maximum absolute atomic E-state index is 12.0. The summed E-state index contributed by atoms with van der Waals surface area (Å²) in [5, 5.41) is 0. The fourth-order valence-corrected chi connectivity index (χ4v) is 3.30. The van der Waals surface area contributed by atoms with Crippen LogP contribution < -0.4 is 4.13 Å². The van der Waals surface area contributed by atoms with Crippen LogP contribution in [0, 0.1) is 5.41 Å². The average Bonchev–Trinajstić information content (AvgIpc) is 2.29. The third-order valence-electron chi connectivity index (χ3n) is 2.09. The Morgan fingerprint density at radius 1 is 1.08 bits per heavy atom. The highest BCUT2D eigenvalue weighted by molar-refractivity contribution is 8.03. The lowest BCUT2D eigenvalue weighted by Gasteiger charge is -2.25. The molecule has 0 bridgehead atoms. The lowest BCUT2D eigenvalue weighted by atomic mass is 9.96. The van der Waals surface area contributed by atoms with Crippen molar-refractivity contribution in [3.05, 3.63) is 0 Å². The summed E-state index contributed by atoms with van der Waals surface area (Å²) in [5.41, 5.74) is -6.03. The number of sulfonamides is 1. The molecule has 0 fully saturated rings. The summed E-state index contributed by atoms with van der Waals surface area (Å²) in [7, 11) is -9.92. The molecule has 144 valence electrons. The molecule has 1 amide bonds. The summed E-state index contributed by atoms with van der Waals surface area (Å²) in [6, 6.07) is 0. The van der Waals surface area contributed by atoms with Crippen LogP contribution in [0.5, 0.6) is 0 Å². The van der Waals surface area contributed by atoms with Crippen molar-refractivity contribution in [3.63, 3.8) is 0 Å². The molecule has 0 radical (unpaired) electrons. The van der Waals surface area contributed by atoms with E-state index in [1.165, 1.54) is 11.9 Å². The van der Waals surface area contributed by atoms with E-state index in [2.05, 4.69) is 8.92 Å². The van der Waals surface area contributed by atoms with Gasteiger partial charge < -0.3 is 9.64 Å². The molecule has 0 unspecified atom stereocenters. The van der Waals surface area contributed by atoms with Gasteiger partial charge in [-0.1, -0.05) is 24.9 Å². The van der Waals surface area contributed by atoms with Crippen LogP contribution in [0.2, 0.25) is 0 Å². The first-order chi connectivity index (χ1) is 10.5. The van der Waals surface area contributed by atoms with E-state index < -0.39 is 45.1 Å². The third kappa shape index (κ3) is 8.65. The zero-order chi connectivity index (χ0) is 19.4. The molecule has 0 saturated carbocycles. The second kappa shape index (κ2) is 7.84. The largest absolute Gasteiger partial charge is 0.512 e. The number of amides is 1. The molecule has 0 atom stereocenters. The van der Waals surface area contributed by atoms with Gasteiger partial charge >= 0.3 is 31.9 Å². The average molecular weight is 400 g/mol. The van der Waals surface area contributed by atoms with Crippen LogP contribution in [0.25, 0.3) is 0 Å². The number of carbonyl (C=O) groups is 1. The Morgan fingerprint density at radius 3 is 2.00 bits per heavy atom. The summed E-state index contributed by atoms with van der Waals surface area (Å²) >= 11 is 0. The predicted octanol–water partition coefficient (Wildman–Crippen LogP) is 0.801. The Labute approximate surface area is 138 Å². The van der Waals surface area contributed by atoms with Crippen LogP contribution in [0.4, 0.5) is 18.0 Å². The van der Waals surface area contributed by atoms with Crippen LogP contribution in [0.15, 0.2) is 0 Å². The summed E-state index contributed by atoms with van der Waals surface area (Å²) in [5.74, 6) is 0. The van der Waals surface area contributed by atoms with Crippen molar-refractivity contribution < 1.29 is 43.7 Å². The Balaban J connectivity index is 4.40. The van der Waals surface area contributed by atoms with Gasteiger partial charge in [0, 0.05) is 13.6 Å².